The topological polar surface area (TPSA) is 81.1 Å². The molecule has 1 rings (SSSR count). The highest BCUT2D eigenvalue weighted by Gasteiger charge is 2.19. The number of aryl methyl sites for hydroxylation is 2. The molecule has 0 spiro atoms. The largest absolute Gasteiger partial charge is 0.480 e. The van der Waals surface area contributed by atoms with Gasteiger partial charge in [-0.2, -0.15) is 5.10 Å². The van der Waals surface area contributed by atoms with Gasteiger partial charge in [0, 0.05) is 13.0 Å². The molecular weight excluding hydrogens is 274 g/mol. The van der Waals surface area contributed by atoms with Gasteiger partial charge in [0.2, 0.25) is 0 Å². The van der Waals surface area contributed by atoms with Crippen molar-refractivity contribution in [3.8, 4) is 0 Å². The Kier molecular flexibility index (Phi) is 4.49. The lowest BCUT2D eigenvalue weighted by Gasteiger charge is -2.08. The van der Waals surface area contributed by atoms with E-state index in [2.05, 4.69) is 21.0 Å². The zero-order chi connectivity index (χ0) is 12.3. The lowest BCUT2D eigenvalue weighted by molar-refractivity contribution is -0.138. The molecule has 3 N–H and O–H groups in total. The highest BCUT2D eigenvalue weighted by atomic mass is 79.9. The van der Waals surface area contributed by atoms with Crippen LogP contribution in [0.1, 0.15) is 25.2 Å². The summed E-state index contributed by atoms with van der Waals surface area (Å²) in [5.74, 6) is -0.992. The van der Waals surface area contributed by atoms with E-state index < -0.39 is 12.0 Å². The summed E-state index contributed by atoms with van der Waals surface area (Å²) in [5, 5.41) is 13.2. The number of hydrogen-bond donors (Lipinski definition) is 2. The van der Waals surface area contributed by atoms with Gasteiger partial charge in [-0.15, -0.1) is 0 Å². The minimum Gasteiger partial charge on any atom is -0.480 e. The number of nitrogens with two attached hydrogens (primary N) is 1. The molecule has 1 atom stereocenters. The van der Waals surface area contributed by atoms with E-state index in [1.165, 1.54) is 0 Å². The normalized spacial score (nSPS) is 12.8. The van der Waals surface area contributed by atoms with E-state index >= 15 is 0 Å². The molecular formula is C10H16BrN3O2. The Balaban J connectivity index is 3.01. The van der Waals surface area contributed by atoms with Gasteiger partial charge >= 0.3 is 5.97 Å². The van der Waals surface area contributed by atoms with Gasteiger partial charge in [0.15, 0.2) is 0 Å². The van der Waals surface area contributed by atoms with E-state index in [4.69, 9.17) is 10.8 Å². The molecule has 5 nitrogen and oxygen atoms in total. The first-order valence-corrected chi connectivity index (χ1v) is 6.02. The van der Waals surface area contributed by atoms with Crippen molar-refractivity contribution in [3.05, 3.63) is 15.9 Å². The number of hydrogen-bond acceptors (Lipinski definition) is 3. The molecule has 0 fully saturated rings. The summed E-state index contributed by atoms with van der Waals surface area (Å²) >= 11 is 3.45. The van der Waals surface area contributed by atoms with Gasteiger partial charge in [-0.3, -0.25) is 9.48 Å². The predicted molar refractivity (Wildman–Crippen MR) is 64.3 cm³/mol. The standard InChI is InChI=1S/C10H16BrN3O2/c1-3-7-9(11)8(14(4-2)13-7)5-6(12)10(15)16/h6H,3-5,12H2,1-2H3,(H,15,16)/t6-/m1/s1. The predicted octanol–water partition coefficient (Wildman–Crippen LogP) is 1.18. The average Bonchev–Trinajstić information content (AvgIpc) is 2.55. The summed E-state index contributed by atoms with van der Waals surface area (Å²) in [7, 11) is 0. The number of halogens is 1. The average molecular weight is 290 g/mol. The molecule has 1 aromatic rings. The number of carboxylic acids is 1. The van der Waals surface area contributed by atoms with Crippen molar-refractivity contribution in [3.63, 3.8) is 0 Å². The molecule has 0 amide bonds. The third-order valence-electron chi connectivity index (χ3n) is 2.42. The molecule has 0 bridgehead atoms. The van der Waals surface area contributed by atoms with Crippen molar-refractivity contribution in [2.75, 3.05) is 0 Å². The van der Waals surface area contributed by atoms with Crippen LogP contribution < -0.4 is 5.73 Å². The Hall–Kier alpha value is -0.880. The van der Waals surface area contributed by atoms with Gasteiger partial charge in [-0.25, -0.2) is 0 Å². The number of aromatic nitrogens is 2. The summed E-state index contributed by atoms with van der Waals surface area (Å²) in [5.41, 5.74) is 7.33. The first-order chi connectivity index (χ1) is 7.51. The Morgan fingerprint density at radius 1 is 1.62 bits per heavy atom. The maximum absolute atomic E-state index is 10.7. The summed E-state index contributed by atoms with van der Waals surface area (Å²) in [4.78, 5) is 10.7. The van der Waals surface area contributed by atoms with Gasteiger partial charge in [0.05, 0.1) is 15.9 Å². The Morgan fingerprint density at radius 2 is 2.25 bits per heavy atom. The van der Waals surface area contributed by atoms with Crippen LogP contribution in [0, 0.1) is 0 Å². The van der Waals surface area contributed by atoms with Gasteiger partial charge in [0.1, 0.15) is 6.04 Å². The fourth-order valence-electron chi connectivity index (χ4n) is 1.51. The zero-order valence-electron chi connectivity index (χ0n) is 9.40. The molecule has 6 heteroatoms. The van der Waals surface area contributed by atoms with E-state index in [-0.39, 0.29) is 6.42 Å². The number of nitrogens with zero attached hydrogens (tertiary/aromatic N) is 2. The highest BCUT2D eigenvalue weighted by Crippen LogP contribution is 2.23. The number of carbonyl (C=O) groups is 1. The van der Waals surface area contributed by atoms with Crippen molar-refractivity contribution in [1.82, 2.24) is 9.78 Å². The van der Waals surface area contributed by atoms with E-state index in [0.717, 1.165) is 22.3 Å². The van der Waals surface area contributed by atoms with Crippen LogP contribution in [0.15, 0.2) is 4.47 Å². The number of rotatable bonds is 5. The summed E-state index contributed by atoms with van der Waals surface area (Å²) in [6.07, 6.45) is 1.10. The van der Waals surface area contributed by atoms with E-state index in [0.29, 0.717) is 6.54 Å². The van der Waals surface area contributed by atoms with Crippen molar-refractivity contribution in [1.29, 1.82) is 0 Å². The minimum absolute atomic E-state index is 0.288. The molecule has 16 heavy (non-hydrogen) atoms. The second-order valence-corrected chi connectivity index (χ2v) is 4.32. The van der Waals surface area contributed by atoms with Crippen LogP contribution in [0.5, 0.6) is 0 Å². The molecule has 0 unspecified atom stereocenters. The van der Waals surface area contributed by atoms with E-state index in [9.17, 15) is 4.79 Å². The molecule has 0 radical (unpaired) electrons. The summed E-state index contributed by atoms with van der Waals surface area (Å²) in [6, 6.07) is -0.886. The first kappa shape index (κ1) is 13.2. The SMILES string of the molecule is CCc1nn(CC)c(C[C@@H](N)C(=O)O)c1Br. The third-order valence-corrected chi connectivity index (χ3v) is 3.34. The van der Waals surface area contributed by atoms with E-state index in [1.54, 1.807) is 4.68 Å². The van der Waals surface area contributed by atoms with Crippen molar-refractivity contribution >= 4 is 21.9 Å². The van der Waals surface area contributed by atoms with Crippen LogP contribution in [0.4, 0.5) is 0 Å². The van der Waals surface area contributed by atoms with Crippen molar-refractivity contribution in [2.24, 2.45) is 5.73 Å². The maximum atomic E-state index is 10.7. The molecule has 1 aromatic heterocycles. The smallest absolute Gasteiger partial charge is 0.320 e. The van der Waals surface area contributed by atoms with Crippen LogP contribution in [0.25, 0.3) is 0 Å². The second-order valence-electron chi connectivity index (χ2n) is 3.53. The number of aliphatic carboxylic acids is 1. The van der Waals surface area contributed by atoms with Gasteiger partial charge in [-0.05, 0) is 29.3 Å². The van der Waals surface area contributed by atoms with Crippen LogP contribution >= 0.6 is 15.9 Å². The molecule has 0 aromatic carbocycles. The minimum atomic E-state index is -0.992. The lowest BCUT2D eigenvalue weighted by atomic mass is 10.1. The molecule has 0 aliphatic carbocycles. The zero-order valence-corrected chi connectivity index (χ0v) is 11.0. The quantitative estimate of drug-likeness (QED) is 0.853. The fraction of sp³-hybridized carbons (Fsp3) is 0.600. The van der Waals surface area contributed by atoms with Gasteiger partial charge < -0.3 is 10.8 Å². The van der Waals surface area contributed by atoms with Gasteiger partial charge in [-0.1, -0.05) is 6.92 Å². The Morgan fingerprint density at radius 3 is 2.69 bits per heavy atom. The van der Waals surface area contributed by atoms with Crippen molar-refractivity contribution in [2.45, 2.75) is 39.3 Å². The fourth-order valence-corrected chi connectivity index (χ4v) is 2.23. The monoisotopic (exact) mass is 289 g/mol. The summed E-state index contributed by atoms with van der Waals surface area (Å²) in [6.45, 7) is 4.68. The third kappa shape index (κ3) is 2.62. The maximum Gasteiger partial charge on any atom is 0.320 e. The van der Waals surface area contributed by atoms with Gasteiger partial charge in [0.25, 0.3) is 0 Å². The molecule has 1 heterocycles. The molecule has 0 saturated heterocycles. The second kappa shape index (κ2) is 5.45. The van der Waals surface area contributed by atoms with Crippen LogP contribution in [0.3, 0.4) is 0 Å². The molecule has 0 aliphatic heterocycles. The Labute approximate surface area is 103 Å². The highest BCUT2D eigenvalue weighted by molar-refractivity contribution is 9.10. The van der Waals surface area contributed by atoms with Crippen LogP contribution in [-0.4, -0.2) is 26.9 Å². The van der Waals surface area contributed by atoms with Crippen LogP contribution in [-0.2, 0) is 24.2 Å². The molecule has 0 saturated carbocycles. The number of carboxylic acid groups (broad SMARTS) is 1. The summed E-state index contributed by atoms with van der Waals surface area (Å²) < 4.78 is 2.68. The van der Waals surface area contributed by atoms with E-state index in [1.807, 2.05) is 13.8 Å². The lowest BCUT2D eigenvalue weighted by Crippen LogP contribution is -2.33. The first-order valence-electron chi connectivity index (χ1n) is 5.23. The molecule has 0 aliphatic rings. The Bertz CT molecular complexity index is 390. The molecule has 90 valence electrons. The van der Waals surface area contributed by atoms with Crippen LogP contribution in [0.2, 0.25) is 0 Å². The van der Waals surface area contributed by atoms with Crippen molar-refractivity contribution < 1.29 is 9.90 Å².